The largest absolute Gasteiger partial charge is 0.373 e. The van der Waals surface area contributed by atoms with Gasteiger partial charge in [0.15, 0.2) is 11.6 Å². The first-order valence-corrected chi connectivity index (χ1v) is 13.1. The van der Waals surface area contributed by atoms with Gasteiger partial charge in [0.25, 0.3) is 0 Å². The van der Waals surface area contributed by atoms with Gasteiger partial charge in [0.2, 0.25) is 0 Å². The SMILES string of the molecule is C/C=C/CCC1CCC(c2ccc(-c3ccc(-c4ccc(CCCC)c(F)c4F)cc3)c(F)c2)OC1. The van der Waals surface area contributed by atoms with Gasteiger partial charge < -0.3 is 4.74 Å². The number of allylic oxidation sites excluding steroid dienone is 2. The van der Waals surface area contributed by atoms with Crippen LogP contribution in [0.1, 0.15) is 69.6 Å². The number of rotatable bonds is 9. The Morgan fingerprint density at radius 1 is 0.889 bits per heavy atom. The van der Waals surface area contributed by atoms with Crippen LogP contribution in [0.15, 0.2) is 66.7 Å². The average Bonchev–Trinajstić information content (AvgIpc) is 2.90. The quantitative estimate of drug-likeness (QED) is 0.270. The van der Waals surface area contributed by atoms with Gasteiger partial charge in [-0.05, 0) is 79.7 Å². The standard InChI is InChI=1S/C32H35F3O/c1-3-5-7-8-22-10-19-30(36-21-22)26-16-17-27(29(33)20-26)23-11-13-24(14-12-23)28-18-15-25(9-6-4-2)31(34)32(28)35/h3,5,11-18,20,22,30H,4,6-10,19,21H2,1-2H3/b5-3+. The maximum Gasteiger partial charge on any atom is 0.166 e. The zero-order chi connectivity index (χ0) is 25.5. The minimum absolute atomic E-state index is 0.0768. The molecule has 0 bridgehead atoms. The molecule has 4 rings (SSSR count). The zero-order valence-corrected chi connectivity index (χ0v) is 21.2. The lowest BCUT2D eigenvalue weighted by Crippen LogP contribution is -2.20. The van der Waals surface area contributed by atoms with Crippen LogP contribution in [0, 0.1) is 23.4 Å². The number of unbranched alkanes of at least 4 members (excludes halogenated alkanes) is 1. The van der Waals surface area contributed by atoms with E-state index in [1.54, 1.807) is 48.5 Å². The molecular weight excluding hydrogens is 457 g/mol. The van der Waals surface area contributed by atoms with Crippen LogP contribution in [0.5, 0.6) is 0 Å². The fourth-order valence-electron chi connectivity index (χ4n) is 4.96. The first kappa shape index (κ1) is 26.2. The molecular formula is C32H35F3O. The van der Waals surface area contributed by atoms with Crippen molar-refractivity contribution in [3.05, 3.63) is 95.3 Å². The molecule has 36 heavy (non-hydrogen) atoms. The molecule has 1 saturated heterocycles. The molecule has 1 aliphatic rings. The van der Waals surface area contributed by atoms with Crippen molar-refractivity contribution < 1.29 is 17.9 Å². The third-order valence-corrected chi connectivity index (χ3v) is 7.18. The number of ether oxygens (including phenoxy) is 1. The van der Waals surface area contributed by atoms with Gasteiger partial charge in [0.05, 0.1) is 12.7 Å². The molecule has 2 atom stereocenters. The van der Waals surface area contributed by atoms with E-state index in [0.717, 1.165) is 44.1 Å². The summed E-state index contributed by atoms with van der Waals surface area (Å²) in [6.45, 7) is 4.77. The highest BCUT2D eigenvalue weighted by Gasteiger charge is 2.23. The predicted molar refractivity (Wildman–Crippen MR) is 141 cm³/mol. The van der Waals surface area contributed by atoms with Crippen molar-refractivity contribution in [3.8, 4) is 22.3 Å². The maximum atomic E-state index is 15.1. The first-order valence-electron chi connectivity index (χ1n) is 13.1. The highest BCUT2D eigenvalue weighted by atomic mass is 19.2. The fourth-order valence-corrected chi connectivity index (χ4v) is 4.96. The summed E-state index contributed by atoms with van der Waals surface area (Å²) in [5, 5.41) is 0. The Bertz CT molecular complexity index is 1170. The van der Waals surface area contributed by atoms with E-state index in [-0.39, 0.29) is 17.5 Å². The molecule has 0 saturated carbocycles. The van der Waals surface area contributed by atoms with Gasteiger partial charge in [0.1, 0.15) is 5.82 Å². The molecule has 1 nitrogen and oxygen atoms in total. The third kappa shape index (κ3) is 6.10. The number of aryl methyl sites for hydroxylation is 1. The van der Waals surface area contributed by atoms with Gasteiger partial charge >= 0.3 is 0 Å². The van der Waals surface area contributed by atoms with Crippen LogP contribution < -0.4 is 0 Å². The Labute approximate surface area is 213 Å². The molecule has 1 fully saturated rings. The molecule has 0 amide bonds. The summed E-state index contributed by atoms with van der Waals surface area (Å²) < 4.78 is 50.4. The van der Waals surface area contributed by atoms with E-state index in [2.05, 4.69) is 12.2 Å². The van der Waals surface area contributed by atoms with Crippen LogP contribution in [-0.4, -0.2) is 6.61 Å². The summed E-state index contributed by atoms with van der Waals surface area (Å²) >= 11 is 0. The number of benzene rings is 3. The molecule has 3 aromatic carbocycles. The van der Waals surface area contributed by atoms with Gasteiger partial charge in [-0.15, -0.1) is 0 Å². The maximum absolute atomic E-state index is 15.1. The molecule has 190 valence electrons. The van der Waals surface area contributed by atoms with Gasteiger partial charge in [-0.1, -0.05) is 74.0 Å². The van der Waals surface area contributed by atoms with Crippen LogP contribution in [0.3, 0.4) is 0 Å². The van der Waals surface area contributed by atoms with Gasteiger partial charge in [-0.2, -0.15) is 0 Å². The monoisotopic (exact) mass is 492 g/mol. The van der Waals surface area contributed by atoms with Crippen molar-refractivity contribution in [1.82, 2.24) is 0 Å². The lowest BCUT2D eigenvalue weighted by Gasteiger charge is -2.29. The third-order valence-electron chi connectivity index (χ3n) is 7.18. The van der Waals surface area contributed by atoms with E-state index in [1.165, 1.54) is 0 Å². The van der Waals surface area contributed by atoms with Gasteiger partial charge in [-0.3, -0.25) is 0 Å². The summed E-state index contributed by atoms with van der Waals surface area (Å²) in [6, 6.07) is 15.5. The van der Waals surface area contributed by atoms with Crippen LogP contribution in [-0.2, 0) is 11.2 Å². The first-order chi connectivity index (χ1) is 17.5. The lowest BCUT2D eigenvalue weighted by atomic mass is 9.90. The van der Waals surface area contributed by atoms with E-state index in [9.17, 15) is 8.78 Å². The second-order valence-electron chi connectivity index (χ2n) is 9.73. The van der Waals surface area contributed by atoms with Crippen LogP contribution in [0.25, 0.3) is 22.3 Å². The molecule has 0 radical (unpaired) electrons. The van der Waals surface area contributed by atoms with Crippen LogP contribution >= 0.6 is 0 Å². The van der Waals surface area contributed by atoms with Crippen molar-refractivity contribution in [2.24, 2.45) is 5.92 Å². The van der Waals surface area contributed by atoms with Crippen LogP contribution in [0.4, 0.5) is 13.2 Å². The molecule has 0 aliphatic carbocycles. The predicted octanol–water partition coefficient (Wildman–Crippen LogP) is 9.60. The van der Waals surface area contributed by atoms with Crippen molar-refractivity contribution in [2.45, 2.75) is 64.9 Å². The second kappa shape index (κ2) is 12.4. The molecule has 3 aromatic rings. The summed E-state index contributed by atoms with van der Waals surface area (Å²) in [5.74, 6) is -1.35. The van der Waals surface area contributed by atoms with Gasteiger partial charge in [0, 0.05) is 11.1 Å². The molecule has 0 N–H and O–H groups in total. The highest BCUT2D eigenvalue weighted by molar-refractivity contribution is 5.71. The normalized spacial score (nSPS) is 18.1. The topological polar surface area (TPSA) is 9.23 Å². The summed E-state index contributed by atoms with van der Waals surface area (Å²) in [6.07, 6.45) is 10.6. The number of halogens is 3. The Morgan fingerprint density at radius 2 is 1.61 bits per heavy atom. The molecule has 0 aromatic heterocycles. The average molecular weight is 493 g/mol. The van der Waals surface area contributed by atoms with Crippen LogP contribution in [0.2, 0.25) is 0 Å². The molecule has 1 heterocycles. The Hall–Kier alpha value is -2.85. The number of hydrogen-bond donors (Lipinski definition) is 0. The molecule has 2 unspecified atom stereocenters. The molecule has 1 aliphatic heterocycles. The summed E-state index contributed by atoms with van der Waals surface area (Å²) in [5.41, 5.74) is 3.22. The van der Waals surface area contributed by atoms with E-state index in [1.807, 2.05) is 19.9 Å². The molecule has 4 heteroatoms. The highest BCUT2D eigenvalue weighted by Crippen LogP contribution is 2.35. The van der Waals surface area contributed by atoms with E-state index in [0.29, 0.717) is 41.2 Å². The van der Waals surface area contributed by atoms with Crippen molar-refractivity contribution >= 4 is 0 Å². The minimum Gasteiger partial charge on any atom is -0.373 e. The van der Waals surface area contributed by atoms with E-state index >= 15 is 4.39 Å². The fraction of sp³-hybridized carbons (Fsp3) is 0.375. The van der Waals surface area contributed by atoms with E-state index < -0.39 is 11.6 Å². The smallest absolute Gasteiger partial charge is 0.166 e. The van der Waals surface area contributed by atoms with Crippen molar-refractivity contribution in [1.29, 1.82) is 0 Å². The Kier molecular flexibility index (Phi) is 9.03. The summed E-state index contributed by atoms with van der Waals surface area (Å²) in [7, 11) is 0. The van der Waals surface area contributed by atoms with Crippen molar-refractivity contribution in [3.63, 3.8) is 0 Å². The second-order valence-corrected chi connectivity index (χ2v) is 9.73. The molecule has 0 spiro atoms. The van der Waals surface area contributed by atoms with Crippen molar-refractivity contribution in [2.75, 3.05) is 6.61 Å². The zero-order valence-electron chi connectivity index (χ0n) is 21.2. The van der Waals surface area contributed by atoms with E-state index in [4.69, 9.17) is 4.74 Å². The Balaban J connectivity index is 1.45. The lowest BCUT2D eigenvalue weighted by molar-refractivity contribution is -0.0191. The minimum atomic E-state index is -0.830. The van der Waals surface area contributed by atoms with Gasteiger partial charge in [-0.25, -0.2) is 13.2 Å². The Morgan fingerprint density at radius 3 is 2.25 bits per heavy atom. The number of hydrogen-bond acceptors (Lipinski definition) is 1. The summed E-state index contributed by atoms with van der Waals surface area (Å²) in [4.78, 5) is 0.